The Morgan fingerprint density at radius 1 is 1.21 bits per heavy atom. The third kappa shape index (κ3) is 4.49. The zero-order chi connectivity index (χ0) is 16.9. The first kappa shape index (κ1) is 17.3. The highest BCUT2D eigenvalue weighted by Gasteiger charge is 2.25. The van der Waals surface area contributed by atoms with E-state index in [4.69, 9.17) is 4.74 Å². The van der Waals surface area contributed by atoms with Gasteiger partial charge in [-0.25, -0.2) is 8.78 Å². The average Bonchev–Trinajstić information content (AvgIpc) is 2.60. The second-order valence-electron chi connectivity index (χ2n) is 6.31. The minimum Gasteiger partial charge on any atom is -0.375 e. The van der Waals surface area contributed by atoms with Crippen LogP contribution in [0.1, 0.15) is 12.0 Å². The van der Waals surface area contributed by atoms with Crippen molar-refractivity contribution in [3.8, 4) is 0 Å². The van der Waals surface area contributed by atoms with Crippen LogP contribution in [0.2, 0.25) is 0 Å². The van der Waals surface area contributed by atoms with Gasteiger partial charge in [-0.3, -0.25) is 9.69 Å². The van der Waals surface area contributed by atoms with Crippen LogP contribution in [0.25, 0.3) is 0 Å². The smallest absolute Gasteiger partial charge is 0.225 e. The number of hydrogen-bond donors (Lipinski definition) is 1. The molecule has 0 aliphatic carbocycles. The van der Waals surface area contributed by atoms with Gasteiger partial charge in [-0.1, -0.05) is 6.07 Å². The van der Waals surface area contributed by atoms with Crippen LogP contribution in [0, 0.1) is 11.6 Å². The number of benzene rings is 1. The van der Waals surface area contributed by atoms with Crippen molar-refractivity contribution in [3.63, 3.8) is 0 Å². The Labute approximate surface area is 140 Å². The van der Waals surface area contributed by atoms with Gasteiger partial charge in [-0.05, 0) is 17.7 Å². The molecule has 2 aliphatic heterocycles. The van der Waals surface area contributed by atoms with Gasteiger partial charge in [-0.15, -0.1) is 0 Å². The van der Waals surface area contributed by atoms with E-state index in [0.29, 0.717) is 32.7 Å². The number of carbonyl (C=O) groups is 1. The molecule has 1 aromatic carbocycles. The standard InChI is InChI=1S/C17H23F2N3O2/c18-15-2-1-13(9-16(15)19)12-21-4-6-22(7-5-21)17(23)10-14-11-20-3-8-24-14/h1-2,9,14,20H,3-8,10-12H2/t14-/m1/s1. The van der Waals surface area contributed by atoms with E-state index < -0.39 is 11.6 Å². The molecule has 2 fully saturated rings. The lowest BCUT2D eigenvalue weighted by Crippen LogP contribution is -2.50. The summed E-state index contributed by atoms with van der Waals surface area (Å²) in [4.78, 5) is 16.3. The van der Waals surface area contributed by atoms with Crippen LogP contribution in [-0.4, -0.2) is 67.7 Å². The minimum atomic E-state index is -0.825. The molecule has 0 spiro atoms. The van der Waals surface area contributed by atoms with Crippen LogP contribution in [0.4, 0.5) is 8.78 Å². The Morgan fingerprint density at radius 3 is 2.67 bits per heavy atom. The third-order valence-corrected chi connectivity index (χ3v) is 4.52. The SMILES string of the molecule is O=C(C[C@@H]1CNCCO1)N1CCN(Cc2ccc(F)c(F)c2)CC1. The second kappa shape index (κ2) is 8.00. The molecular weight excluding hydrogens is 316 g/mol. The molecule has 1 amide bonds. The molecule has 132 valence electrons. The van der Waals surface area contributed by atoms with Gasteiger partial charge < -0.3 is 15.0 Å². The van der Waals surface area contributed by atoms with Crippen LogP contribution in [0.5, 0.6) is 0 Å². The first-order valence-electron chi connectivity index (χ1n) is 8.38. The van der Waals surface area contributed by atoms with Gasteiger partial charge in [-0.2, -0.15) is 0 Å². The largest absolute Gasteiger partial charge is 0.375 e. The minimum absolute atomic E-state index is 0.0357. The zero-order valence-electron chi connectivity index (χ0n) is 13.6. The van der Waals surface area contributed by atoms with Gasteiger partial charge in [0.15, 0.2) is 11.6 Å². The predicted octanol–water partition coefficient (Wildman–Crippen LogP) is 0.987. The number of rotatable bonds is 4. The molecule has 7 heteroatoms. The van der Waals surface area contributed by atoms with E-state index in [0.717, 1.165) is 37.8 Å². The number of morpholine rings is 1. The Balaban J connectivity index is 1.44. The lowest BCUT2D eigenvalue weighted by atomic mass is 10.1. The summed E-state index contributed by atoms with van der Waals surface area (Å²) in [6.07, 6.45) is 0.377. The highest BCUT2D eigenvalue weighted by molar-refractivity contribution is 5.76. The first-order valence-corrected chi connectivity index (χ1v) is 8.38. The summed E-state index contributed by atoms with van der Waals surface area (Å²) in [5, 5.41) is 3.22. The fraction of sp³-hybridized carbons (Fsp3) is 0.588. The Morgan fingerprint density at radius 2 is 2.00 bits per heavy atom. The molecular formula is C17H23F2N3O2. The van der Waals surface area contributed by atoms with Crippen molar-refractivity contribution in [2.24, 2.45) is 0 Å². The van der Waals surface area contributed by atoms with Gasteiger partial charge in [0.2, 0.25) is 5.91 Å². The average molecular weight is 339 g/mol. The molecule has 0 unspecified atom stereocenters. The molecule has 1 N–H and O–H groups in total. The number of halogens is 2. The third-order valence-electron chi connectivity index (χ3n) is 4.52. The van der Waals surface area contributed by atoms with Crippen LogP contribution in [-0.2, 0) is 16.1 Å². The Kier molecular flexibility index (Phi) is 5.76. The van der Waals surface area contributed by atoms with E-state index in [1.807, 2.05) is 4.90 Å². The molecule has 3 rings (SSSR count). The molecule has 2 aliphatic rings. The number of ether oxygens (including phenoxy) is 1. The Hall–Kier alpha value is -1.57. The van der Waals surface area contributed by atoms with Crippen molar-refractivity contribution in [2.75, 3.05) is 45.9 Å². The fourth-order valence-electron chi connectivity index (χ4n) is 3.13. The van der Waals surface area contributed by atoms with Gasteiger partial charge in [0, 0.05) is 45.8 Å². The fourth-order valence-corrected chi connectivity index (χ4v) is 3.13. The monoisotopic (exact) mass is 339 g/mol. The van der Waals surface area contributed by atoms with E-state index >= 15 is 0 Å². The number of piperazine rings is 1. The van der Waals surface area contributed by atoms with Crippen molar-refractivity contribution < 1.29 is 18.3 Å². The van der Waals surface area contributed by atoms with Crippen molar-refractivity contribution in [1.82, 2.24) is 15.1 Å². The molecule has 1 aromatic rings. The molecule has 1 atom stereocenters. The van der Waals surface area contributed by atoms with E-state index in [1.165, 1.54) is 6.07 Å². The van der Waals surface area contributed by atoms with Crippen LogP contribution >= 0.6 is 0 Å². The van der Waals surface area contributed by atoms with E-state index in [1.54, 1.807) is 6.07 Å². The van der Waals surface area contributed by atoms with Crippen LogP contribution < -0.4 is 5.32 Å². The van der Waals surface area contributed by atoms with Crippen LogP contribution in [0.15, 0.2) is 18.2 Å². The summed E-state index contributed by atoms with van der Waals surface area (Å²) in [7, 11) is 0. The lowest BCUT2D eigenvalue weighted by Gasteiger charge is -2.35. The van der Waals surface area contributed by atoms with Crippen molar-refractivity contribution >= 4 is 5.91 Å². The van der Waals surface area contributed by atoms with Gasteiger partial charge in [0.1, 0.15) is 0 Å². The molecule has 0 radical (unpaired) electrons. The molecule has 0 bridgehead atoms. The maximum Gasteiger partial charge on any atom is 0.225 e. The van der Waals surface area contributed by atoms with Crippen molar-refractivity contribution in [3.05, 3.63) is 35.4 Å². The molecule has 24 heavy (non-hydrogen) atoms. The first-order chi connectivity index (χ1) is 11.6. The Bertz CT molecular complexity index is 571. The summed E-state index contributed by atoms with van der Waals surface area (Å²) < 4.78 is 31.8. The van der Waals surface area contributed by atoms with E-state index in [-0.39, 0.29) is 12.0 Å². The maximum atomic E-state index is 13.3. The molecule has 0 saturated carbocycles. The molecule has 2 saturated heterocycles. The maximum absolute atomic E-state index is 13.3. The quantitative estimate of drug-likeness (QED) is 0.889. The number of nitrogens with zero attached hydrogens (tertiary/aromatic N) is 2. The molecule has 2 heterocycles. The van der Waals surface area contributed by atoms with Gasteiger partial charge in [0.05, 0.1) is 19.1 Å². The van der Waals surface area contributed by atoms with E-state index in [2.05, 4.69) is 10.2 Å². The summed E-state index contributed by atoms with van der Waals surface area (Å²) in [6, 6.07) is 3.99. The molecule has 0 aromatic heterocycles. The highest BCUT2D eigenvalue weighted by atomic mass is 19.2. The van der Waals surface area contributed by atoms with E-state index in [9.17, 15) is 13.6 Å². The normalized spacial score (nSPS) is 22.6. The number of carbonyl (C=O) groups excluding carboxylic acids is 1. The summed E-state index contributed by atoms with van der Waals surface area (Å²) in [5.41, 5.74) is 0.746. The number of hydrogen-bond acceptors (Lipinski definition) is 4. The number of amides is 1. The zero-order valence-corrected chi connectivity index (χ0v) is 13.6. The topological polar surface area (TPSA) is 44.8 Å². The number of nitrogens with one attached hydrogen (secondary N) is 1. The summed E-state index contributed by atoms with van der Waals surface area (Å²) in [5.74, 6) is -1.52. The van der Waals surface area contributed by atoms with Crippen molar-refractivity contribution in [2.45, 2.75) is 19.1 Å². The highest BCUT2D eigenvalue weighted by Crippen LogP contribution is 2.14. The summed E-state index contributed by atoms with van der Waals surface area (Å²) >= 11 is 0. The predicted molar refractivity (Wildman–Crippen MR) is 85.4 cm³/mol. The second-order valence-corrected chi connectivity index (χ2v) is 6.31. The van der Waals surface area contributed by atoms with Gasteiger partial charge >= 0.3 is 0 Å². The van der Waals surface area contributed by atoms with Gasteiger partial charge in [0.25, 0.3) is 0 Å². The summed E-state index contributed by atoms with van der Waals surface area (Å²) in [6.45, 7) is 5.55. The van der Waals surface area contributed by atoms with Crippen LogP contribution in [0.3, 0.4) is 0 Å². The lowest BCUT2D eigenvalue weighted by molar-refractivity contribution is -0.136. The molecule has 5 nitrogen and oxygen atoms in total. The van der Waals surface area contributed by atoms with Crippen molar-refractivity contribution in [1.29, 1.82) is 0 Å².